The topological polar surface area (TPSA) is 29.1 Å². The summed E-state index contributed by atoms with van der Waals surface area (Å²) in [6.07, 6.45) is 0.983. The van der Waals surface area contributed by atoms with Gasteiger partial charge >= 0.3 is 0 Å². The van der Waals surface area contributed by atoms with Crippen molar-refractivity contribution in [1.29, 1.82) is 0 Å². The van der Waals surface area contributed by atoms with Crippen molar-refractivity contribution in [3.05, 3.63) is 35.4 Å². The van der Waals surface area contributed by atoms with Crippen molar-refractivity contribution in [2.24, 2.45) is 5.92 Å². The summed E-state index contributed by atoms with van der Waals surface area (Å²) >= 11 is 5.63. The molecule has 0 bridgehead atoms. The number of carbonyl (C=O) groups is 1. The maximum absolute atomic E-state index is 11.6. The summed E-state index contributed by atoms with van der Waals surface area (Å²) in [5, 5.41) is 2.90. The monoisotopic (exact) mass is 239 g/mol. The van der Waals surface area contributed by atoms with Crippen molar-refractivity contribution in [1.82, 2.24) is 5.32 Å². The van der Waals surface area contributed by atoms with Crippen LogP contribution >= 0.6 is 11.6 Å². The van der Waals surface area contributed by atoms with Crippen molar-refractivity contribution in [3.8, 4) is 0 Å². The van der Waals surface area contributed by atoms with Crippen LogP contribution in [0.5, 0.6) is 0 Å². The molecule has 0 aliphatic carbocycles. The molecule has 1 aromatic rings. The van der Waals surface area contributed by atoms with Crippen LogP contribution in [0.4, 0.5) is 0 Å². The van der Waals surface area contributed by atoms with Crippen molar-refractivity contribution >= 4 is 17.5 Å². The number of alkyl halides is 1. The number of hydrogen-bond acceptors (Lipinski definition) is 1. The lowest BCUT2D eigenvalue weighted by molar-refractivity contribution is -0.124. The Morgan fingerprint density at radius 1 is 1.38 bits per heavy atom. The Morgan fingerprint density at radius 2 is 2.00 bits per heavy atom. The fourth-order valence-electron chi connectivity index (χ4n) is 1.50. The Labute approximate surface area is 102 Å². The smallest absolute Gasteiger partial charge is 0.224 e. The highest BCUT2D eigenvalue weighted by Crippen LogP contribution is 2.09. The number of rotatable bonds is 5. The molecule has 0 radical (unpaired) electrons. The summed E-state index contributed by atoms with van der Waals surface area (Å²) < 4.78 is 0. The Kier molecular flexibility index (Phi) is 5.33. The number of aryl methyl sites for hydroxylation is 1. The average Bonchev–Trinajstić information content (AvgIpc) is 2.35. The molecule has 0 aliphatic rings. The molecule has 0 aliphatic heterocycles. The van der Waals surface area contributed by atoms with Gasteiger partial charge in [0.1, 0.15) is 0 Å². The molecule has 1 amide bonds. The van der Waals surface area contributed by atoms with Gasteiger partial charge < -0.3 is 5.32 Å². The summed E-state index contributed by atoms with van der Waals surface area (Å²) in [4.78, 5) is 11.6. The molecule has 16 heavy (non-hydrogen) atoms. The molecule has 0 saturated heterocycles. The van der Waals surface area contributed by atoms with Gasteiger partial charge in [-0.2, -0.15) is 0 Å². The van der Waals surface area contributed by atoms with Crippen LogP contribution in [0.2, 0.25) is 0 Å². The van der Waals surface area contributed by atoms with E-state index < -0.39 is 0 Å². The second kappa shape index (κ2) is 6.54. The average molecular weight is 240 g/mol. The van der Waals surface area contributed by atoms with E-state index in [1.54, 1.807) is 0 Å². The molecule has 3 heteroatoms. The van der Waals surface area contributed by atoms with Crippen molar-refractivity contribution in [2.45, 2.75) is 26.8 Å². The molecule has 1 atom stereocenters. The van der Waals surface area contributed by atoms with Crippen LogP contribution in [-0.2, 0) is 17.8 Å². The van der Waals surface area contributed by atoms with Gasteiger partial charge in [-0.25, -0.2) is 0 Å². The quantitative estimate of drug-likeness (QED) is 0.787. The maximum atomic E-state index is 11.6. The summed E-state index contributed by atoms with van der Waals surface area (Å²) in [6, 6.07) is 8.15. The Morgan fingerprint density at radius 3 is 2.56 bits per heavy atom. The lowest BCUT2D eigenvalue weighted by Crippen LogP contribution is -2.29. The van der Waals surface area contributed by atoms with Gasteiger partial charge in [0.25, 0.3) is 0 Å². The van der Waals surface area contributed by atoms with E-state index in [1.807, 2.05) is 25.1 Å². The number of halogens is 1. The molecule has 1 rings (SSSR count). The lowest BCUT2D eigenvalue weighted by Gasteiger charge is -2.11. The van der Waals surface area contributed by atoms with E-state index in [0.29, 0.717) is 12.4 Å². The molecule has 0 saturated carbocycles. The van der Waals surface area contributed by atoms with E-state index in [2.05, 4.69) is 18.3 Å². The van der Waals surface area contributed by atoms with E-state index in [9.17, 15) is 4.79 Å². The zero-order valence-corrected chi connectivity index (χ0v) is 10.6. The molecular weight excluding hydrogens is 222 g/mol. The Balaban J connectivity index is 2.57. The van der Waals surface area contributed by atoms with Crippen molar-refractivity contribution in [2.75, 3.05) is 5.88 Å². The van der Waals surface area contributed by atoms with Gasteiger partial charge in [0.05, 0.1) is 0 Å². The third-order valence-electron chi connectivity index (χ3n) is 2.63. The zero-order chi connectivity index (χ0) is 12.0. The first-order valence-electron chi connectivity index (χ1n) is 5.59. The van der Waals surface area contributed by atoms with Crippen molar-refractivity contribution in [3.63, 3.8) is 0 Å². The molecule has 0 heterocycles. The first kappa shape index (κ1) is 13.0. The SMILES string of the molecule is CCc1ccccc1CNC(=O)C(C)CCl. The molecule has 88 valence electrons. The van der Waals surface area contributed by atoms with Crippen LogP contribution in [-0.4, -0.2) is 11.8 Å². The van der Waals surface area contributed by atoms with Crippen LogP contribution in [0, 0.1) is 5.92 Å². The van der Waals surface area contributed by atoms with Crippen LogP contribution in [0.1, 0.15) is 25.0 Å². The molecule has 0 spiro atoms. The molecule has 1 unspecified atom stereocenters. The van der Waals surface area contributed by atoms with Crippen LogP contribution < -0.4 is 5.32 Å². The molecular formula is C13H18ClNO. The summed E-state index contributed by atoms with van der Waals surface area (Å²) in [7, 11) is 0. The van der Waals surface area contributed by atoms with E-state index >= 15 is 0 Å². The largest absolute Gasteiger partial charge is 0.352 e. The number of carbonyl (C=O) groups excluding carboxylic acids is 1. The van der Waals surface area contributed by atoms with E-state index in [4.69, 9.17) is 11.6 Å². The van der Waals surface area contributed by atoms with Crippen LogP contribution in [0.15, 0.2) is 24.3 Å². The minimum absolute atomic E-state index is 0.0147. The number of hydrogen-bond donors (Lipinski definition) is 1. The van der Waals surface area contributed by atoms with Gasteiger partial charge in [-0.1, -0.05) is 38.1 Å². The predicted octanol–water partition coefficient (Wildman–Crippen LogP) is 2.74. The predicted molar refractivity (Wildman–Crippen MR) is 67.6 cm³/mol. The minimum atomic E-state index is -0.129. The van der Waals surface area contributed by atoms with Gasteiger partial charge in [-0.05, 0) is 17.5 Å². The highest BCUT2D eigenvalue weighted by Gasteiger charge is 2.11. The highest BCUT2D eigenvalue weighted by atomic mass is 35.5. The van der Waals surface area contributed by atoms with Gasteiger partial charge in [0.2, 0.25) is 5.91 Å². The standard InChI is InChI=1S/C13H18ClNO/c1-3-11-6-4-5-7-12(11)9-15-13(16)10(2)8-14/h4-7,10H,3,8-9H2,1-2H3,(H,15,16). The number of amides is 1. The molecule has 0 fully saturated rings. The third-order valence-corrected chi connectivity index (χ3v) is 3.09. The summed E-state index contributed by atoms with van der Waals surface area (Å²) in [5.74, 6) is 0.248. The maximum Gasteiger partial charge on any atom is 0.224 e. The fraction of sp³-hybridized carbons (Fsp3) is 0.462. The summed E-state index contributed by atoms with van der Waals surface area (Å²) in [6.45, 7) is 4.53. The van der Waals surface area contributed by atoms with Gasteiger partial charge in [-0.15, -0.1) is 11.6 Å². The fourth-order valence-corrected chi connectivity index (χ4v) is 1.64. The third kappa shape index (κ3) is 3.53. The molecule has 1 N–H and O–H groups in total. The van der Waals surface area contributed by atoms with Crippen LogP contribution in [0.25, 0.3) is 0 Å². The number of benzene rings is 1. The highest BCUT2D eigenvalue weighted by molar-refractivity contribution is 6.19. The second-order valence-corrected chi connectivity index (χ2v) is 4.20. The summed E-state index contributed by atoms with van der Waals surface area (Å²) in [5.41, 5.74) is 2.46. The zero-order valence-electron chi connectivity index (χ0n) is 9.79. The van der Waals surface area contributed by atoms with E-state index in [1.165, 1.54) is 11.1 Å². The van der Waals surface area contributed by atoms with Gasteiger partial charge in [0.15, 0.2) is 0 Å². The normalized spacial score (nSPS) is 12.2. The van der Waals surface area contributed by atoms with E-state index in [0.717, 1.165) is 6.42 Å². The molecule has 0 aromatic heterocycles. The Bertz CT molecular complexity index is 352. The second-order valence-electron chi connectivity index (χ2n) is 3.90. The number of nitrogens with one attached hydrogen (secondary N) is 1. The van der Waals surface area contributed by atoms with Gasteiger partial charge in [0, 0.05) is 18.3 Å². The lowest BCUT2D eigenvalue weighted by atomic mass is 10.1. The molecule has 1 aromatic carbocycles. The Hall–Kier alpha value is -1.02. The van der Waals surface area contributed by atoms with E-state index in [-0.39, 0.29) is 11.8 Å². The first-order valence-corrected chi connectivity index (χ1v) is 6.13. The minimum Gasteiger partial charge on any atom is -0.352 e. The van der Waals surface area contributed by atoms with Crippen LogP contribution in [0.3, 0.4) is 0 Å². The molecule has 2 nitrogen and oxygen atoms in total. The van der Waals surface area contributed by atoms with Gasteiger partial charge in [-0.3, -0.25) is 4.79 Å². The first-order chi connectivity index (χ1) is 7.69. The van der Waals surface area contributed by atoms with Crippen molar-refractivity contribution < 1.29 is 4.79 Å².